The summed E-state index contributed by atoms with van der Waals surface area (Å²) >= 11 is 0. The molecule has 0 aliphatic rings. The molecule has 1 atom stereocenters. The van der Waals surface area contributed by atoms with Crippen molar-refractivity contribution in [2.45, 2.75) is 26.3 Å². The van der Waals surface area contributed by atoms with E-state index in [0.29, 0.717) is 31.2 Å². The van der Waals surface area contributed by atoms with Crippen LogP contribution in [0.5, 0.6) is 0 Å². The van der Waals surface area contributed by atoms with Gasteiger partial charge in [0.05, 0.1) is 6.54 Å². The van der Waals surface area contributed by atoms with E-state index >= 15 is 0 Å². The minimum absolute atomic E-state index is 0.0586. The number of halogens is 1. The van der Waals surface area contributed by atoms with Crippen LogP contribution in [0.15, 0.2) is 24.3 Å². The molecule has 6 nitrogen and oxygen atoms in total. The van der Waals surface area contributed by atoms with E-state index in [1.165, 1.54) is 12.1 Å². The summed E-state index contributed by atoms with van der Waals surface area (Å²) < 4.78 is 13.1. The van der Waals surface area contributed by atoms with Crippen molar-refractivity contribution in [3.63, 3.8) is 0 Å². The van der Waals surface area contributed by atoms with E-state index in [4.69, 9.17) is 0 Å². The fraction of sp³-hybridized carbons (Fsp3) is 0.438. The first-order valence-corrected chi connectivity index (χ1v) is 7.53. The molecule has 124 valence electrons. The molecule has 1 heterocycles. The number of nitrogens with one attached hydrogen (secondary N) is 2. The Hall–Kier alpha value is -2.44. The van der Waals surface area contributed by atoms with Crippen LogP contribution in [-0.4, -0.2) is 35.2 Å². The third kappa shape index (κ3) is 5.36. The van der Waals surface area contributed by atoms with Gasteiger partial charge in [0.25, 0.3) is 0 Å². The van der Waals surface area contributed by atoms with Crippen LogP contribution < -0.4 is 10.2 Å². The number of carbonyl (C=O) groups is 1. The van der Waals surface area contributed by atoms with Crippen molar-refractivity contribution in [1.82, 2.24) is 20.5 Å². The predicted molar refractivity (Wildman–Crippen MR) is 86.4 cm³/mol. The molecule has 1 aromatic carbocycles. The number of aromatic nitrogens is 3. The number of anilines is 1. The summed E-state index contributed by atoms with van der Waals surface area (Å²) in [5, 5.41) is 9.62. The second kappa shape index (κ2) is 7.71. The Labute approximate surface area is 135 Å². The molecule has 1 aromatic heterocycles. The number of aromatic amines is 1. The minimum atomic E-state index is -0.249. The number of rotatable bonds is 7. The summed E-state index contributed by atoms with van der Waals surface area (Å²) in [6.45, 7) is 2.29. The van der Waals surface area contributed by atoms with Crippen molar-refractivity contribution in [3.8, 4) is 0 Å². The molecule has 2 N–H and O–H groups in total. The van der Waals surface area contributed by atoms with Crippen LogP contribution >= 0.6 is 0 Å². The number of carbonyl (C=O) groups excluding carboxylic acids is 1. The van der Waals surface area contributed by atoms with Crippen LogP contribution in [0.4, 0.5) is 10.3 Å². The molecular weight excluding hydrogens is 297 g/mol. The van der Waals surface area contributed by atoms with Gasteiger partial charge in [-0.05, 0) is 30.0 Å². The molecule has 23 heavy (non-hydrogen) atoms. The Kier molecular flexibility index (Phi) is 5.67. The standard InChI is InChI=1S/C16H22FN5O/c1-11(7-12-5-4-6-13(17)9-12)8-15(23)18-10-14-19-16(21-20-14)22(2)3/h4-6,9,11H,7-8,10H2,1-3H3,(H,18,23)(H,19,20,21). The number of hydrogen-bond acceptors (Lipinski definition) is 4. The molecular formula is C16H22FN5O. The number of H-pyrrole nitrogens is 1. The molecule has 0 bridgehead atoms. The second-order valence-electron chi connectivity index (χ2n) is 5.90. The molecule has 0 fully saturated rings. The molecule has 0 aliphatic carbocycles. The van der Waals surface area contributed by atoms with Crippen molar-refractivity contribution in [1.29, 1.82) is 0 Å². The quantitative estimate of drug-likeness (QED) is 0.817. The smallest absolute Gasteiger partial charge is 0.244 e. The van der Waals surface area contributed by atoms with Gasteiger partial charge < -0.3 is 10.2 Å². The Balaban J connectivity index is 1.77. The minimum Gasteiger partial charge on any atom is -0.349 e. The van der Waals surface area contributed by atoms with Crippen molar-refractivity contribution < 1.29 is 9.18 Å². The maximum absolute atomic E-state index is 13.1. The van der Waals surface area contributed by atoms with Crippen molar-refractivity contribution in [3.05, 3.63) is 41.5 Å². The molecule has 2 rings (SSSR count). The molecule has 1 unspecified atom stereocenters. The van der Waals surface area contributed by atoms with Gasteiger partial charge in [0.15, 0.2) is 0 Å². The lowest BCUT2D eigenvalue weighted by Crippen LogP contribution is -2.25. The second-order valence-corrected chi connectivity index (χ2v) is 5.90. The summed E-state index contributed by atoms with van der Waals surface area (Å²) in [5.41, 5.74) is 0.899. The van der Waals surface area contributed by atoms with Gasteiger partial charge in [0, 0.05) is 20.5 Å². The normalized spacial score (nSPS) is 12.0. The van der Waals surface area contributed by atoms with Gasteiger partial charge in [0.2, 0.25) is 11.9 Å². The van der Waals surface area contributed by atoms with E-state index < -0.39 is 0 Å². The molecule has 0 aliphatic heterocycles. The number of nitrogens with zero attached hydrogens (tertiary/aromatic N) is 3. The van der Waals surface area contributed by atoms with E-state index in [9.17, 15) is 9.18 Å². The molecule has 7 heteroatoms. The summed E-state index contributed by atoms with van der Waals surface area (Å²) in [6, 6.07) is 6.48. The molecule has 0 saturated carbocycles. The van der Waals surface area contributed by atoms with Gasteiger partial charge in [-0.1, -0.05) is 19.1 Å². The molecule has 0 radical (unpaired) electrons. The van der Waals surface area contributed by atoms with Crippen molar-refractivity contribution >= 4 is 11.9 Å². The monoisotopic (exact) mass is 319 g/mol. The van der Waals surface area contributed by atoms with Gasteiger partial charge in [0.1, 0.15) is 11.6 Å². The third-order valence-electron chi connectivity index (χ3n) is 3.38. The lowest BCUT2D eigenvalue weighted by molar-refractivity contribution is -0.122. The first-order chi connectivity index (χ1) is 10.9. The van der Waals surface area contributed by atoms with Crippen LogP contribution in [0.25, 0.3) is 0 Å². The molecule has 2 aromatic rings. The Morgan fingerprint density at radius 1 is 1.43 bits per heavy atom. The lowest BCUT2D eigenvalue weighted by atomic mass is 9.98. The highest BCUT2D eigenvalue weighted by Gasteiger charge is 2.11. The van der Waals surface area contributed by atoms with E-state index in [1.807, 2.05) is 27.1 Å². The highest BCUT2D eigenvalue weighted by Crippen LogP contribution is 2.13. The SMILES string of the molecule is CC(CC(=O)NCc1nc(N(C)C)n[nH]1)Cc1cccc(F)c1. The van der Waals surface area contributed by atoms with Gasteiger partial charge in [-0.15, -0.1) is 5.10 Å². The molecule has 0 saturated heterocycles. The maximum Gasteiger partial charge on any atom is 0.244 e. The Morgan fingerprint density at radius 3 is 2.87 bits per heavy atom. The van der Waals surface area contributed by atoms with Gasteiger partial charge in [-0.2, -0.15) is 4.98 Å². The van der Waals surface area contributed by atoms with Crippen LogP contribution in [-0.2, 0) is 17.8 Å². The van der Waals surface area contributed by atoms with Gasteiger partial charge >= 0.3 is 0 Å². The van der Waals surface area contributed by atoms with Crippen LogP contribution in [0.3, 0.4) is 0 Å². The fourth-order valence-corrected chi connectivity index (χ4v) is 2.27. The van der Waals surface area contributed by atoms with Crippen LogP contribution in [0.1, 0.15) is 24.7 Å². The summed E-state index contributed by atoms with van der Waals surface area (Å²) in [5.74, 6) is 1.01. The summed E-state index contributed by atoms with van der Waals surface area (Å²) in [6.07, 6.45) is 1.05. The van der Waals surface area contributed by atoms with Crippen LogP contribution in [0.2, 0.25) is 0 Å². The zero-order valence-corrected chi connectivity index (χ0v) is 13.6. The summed E-state index contributed by atoms with van der Waals surface area (Å²) in [4.78, 5) is 18.0. The predicted octanol–water partition coefficient (Wildman–Crippen LogP) is 1.89. The number of hydrogen-bond donors (Lipinski definition) is 2. The van der Waals surface area contributed by atoms with Gasteiger partial charge in [-0.25, -0.2) is 4.39 Å². The fourth-order valence-electron chi connectivity index (χ4n) is 2.27. The maximum atomic E-state index is 13.1. The number of benzene rings is 1. The first kappa shape index (κ1) is 16.9. The first-order valence-electron chi connectivity index (χ1n) is 7.53. The van der Waals surface area contributed by atoms with E-state index in [0.717, 1.165) is 5.56 Å². The Bertz CT molecular complexity index is 655. The average Bonchev–Trinajstić information content (AvgIpc) is 2.94. The van der Waals surface area contributed by atoms with Crippen molar-refractivity contribution in [2.24, 2.45) is 5.92 Å². The third-order valence-corrected chi connectivity index (χ3v) is 3.38. The molecule has 1 amide bonds. The highest BCUT2D eigenvalue weighted by atomic mass is 19.1. The van der Waals surface area contributed by atoms with E-state index in [-0.39, 0.29) is 17.6 Å². The molecule has 0 spiro atoms. The van der Waals surface area contributed by atoms with Gasteiger partial charge in [-0.3, -0.25) is 9.89 Å². The number of amides is 1. The largest absolute Gasteiger partial charge is 0.349 e. The Morgan fingerprint density at radius 2 is 2.22 bits per heavy atom. The zero-order valence-electron chi connectivity index (χ0n) is 13.6. The van der Waals surface area contributed by atoms with Crippen LogP contribution in [0, 0.1) is 11.7 Å². The highest BCUT2D eigenvalue weighted by molar-refractivity contribution is 5.76. The summed E-state index contributed by atoms with van der Waals surface area (Å²) in [7, 11) is 3.69. The topological polar surface area (TPSA) is 73.9 Å². The zero-order chi connectivity index (χ0) is 16.8. The van der Waals surface area contributed by atoms with E-state index in [2.05, 4.69) is 20.5 Å². The van der Waals surface area contributed by atoms with E-state index in [1.54, 1.807) is 11.0 Å². The lowest BCUT2D eigenvalue weighted by Gasteiger charge is -2.11. The average molecular weight is 319 g/mol. The van der Waals surface area contributed by atoms with Crippen molar-refractivity contribution in [2.75, 3.05) is 19.0 Å².